The Kier molecular flexibility index (Phi) is 4.25. The standard InChI is InChI=1S/C13H11F2N3OS/c1-3-4-16-12(19)7(2)20-13-17-10-5-8(14)9(15)6-11(10)18-13/h1,5-7H,4H2,2H3,(H,16,19)(H,17,18). The second-order valence-electron chi connectivity index (χ2n) is 4.01. The van der Waals surface area contributed by atoms with Crippen molar-refractivity contribution in [1.29, 1.82) is 0 Å². The highest BCUT2D eigenvalue weighted by Crippen LogP contribution is 2.24. The van der Waals surface area contributed by atoms with Gasteiger partial charge in [-0.25, -0.2) is 13.8 Å². The Bertz CT molecular complexity index is 654. The Morgan fingerprint density at radius 2 is 2.25 bits per heavy atom. The Labute approximate surface area is 118 Å². The number of H-pyrrole nitrogens is 1. The van der Waals surface area contributed by atoms with Gasteiger partial charge in [0.25, 0.3) is 0 Å². The molecule has 2 aromatic rings. The lowest BCUT2D eigenvalue weighted by atomic mass is 10.3. The van der Waals surface area contributed by atoms with E-state index in [0.717, 1.165) is 23.9 Å². The summed E-state index contributed by atoms with van der Waals surface area (Å²) in [5.41, 5.74) is 0.685. The van der Waals surface area contributed by atoms with Crippen molar-refractivity contribution >= 4 is 28.7 Å². The lowest BCUT2D eigenvalue weighted by molar-refractivity contribution is -0.120. The Morgan fingerprint density at radius 1 is 1.55 bits per heavy atom. The van der Waals surface area contributed by atoms with Crippen LogP contribution in [0.4, 0.5) is 8.78 Å². The van der Waals surface area contributed by atoms with Crippen LogP contribution in [0.25, 0.3) is 11.0 Å². The average Bonchev–Trinajstić information content (AvgIpc) is 2.77. The van der Waals surface area contributed by atoms with E-state index in [2.05, 4.69) is 21.2 Å². The van der Waals surface area contributed by atoms with Crippen molar-refractivity contribution in [2.75, 3.05) is 6.54 Å². The molecule has 1 amide bonds. The zero-order valence-electron chi connectivity index (χ0n) is 10.5. The molecule has 2 rings (SSSR count). The number of amides is 1. The molecular weight excluding hydrogens is 284 g/mol. The molecule has 0 aliphatic heterocycles. The molecule has 0 aliphatic carbocycles. The van der Waals surface area contributed by atoms with Crippen LogP contribution in [0.2, 0.25) is 0 Å². The van der Waals surface area contributed by atoms with Crippen LogP contribution in [0.5, 0.6) is 0 Å². The molecule has 1 heterocycles. The fourth-order valence-corrected chi connectivity index (χ4v) is 2.39. The molecule has 0 bridgehead atoms. The molecule has 20 heavy (non-hydrogen) atoms. The average molecular weight is 295 g/mol. The van der Waals surface area contributed by atoms with Crippen molar-refractivity contribution < 1.29 is 13.6 Å². The summed E-state index contributed by atoms with van der Waals surface area (Å²) in [6.45, 7) is 1.84. The third-order valence-electron chi connectivity index (χ3n) is 2.52. The molecule has 0 spiro atoms. The van der Waals surface area contributed by atoms with Gasteiger partial charge in [-0.1, -0.05) is 17.7 Å². The van der Waals surface area contributed by atoms with E-state index in [-0.39, 0.29) is 12.5 Å². The first-order chi connectivity index (χ1) is 9.51. The van der Waals surface area contributed by atoms with E-state index in [1.807, 2.05) is 0 Å². The first-order valence-corrected chi connectivity index (χ1v) is 6.62. The van der Waals surface area contributed by atoms with Gasteiger partial charge in [0.1, 0.15) is 0 Å². The van der Waals surface area contributed by atoms with Gasteiger partial charge >= 0.3 is 0 Å². The lowest BCUT2D eigenvalue weighted by Crippen LogP contribution is -2.31. The fourth-order valence-electron chi connectivity index (χ4n) is 1.54. The number of benzene rings is 1. The number of hydrogen-bond acceptors (Lipinski definition) is 3. The molecule has 0 saturated heterocycles. The van der Waals surface area contributed by atoms with Crippen molar-refractivity contribution in [3.63, 3.8) is 0 Å². The number of halogens is 2. The monoisotopic (exact) mass is 295 g/mol. The van der Waals surface area contributed by atoms with Gasteiger partial charge in [0.05, 0.1) is 22.8 Å². The van der Waals surface area contributed by atoms with Crippen LogP contribution in [0.15, 0.2) is 17.3 Å². The number of terminal acetylenes is 1. The maximum absolute atomic E-state index is 13.1. The SMILES string of the molecule is C#CCNC(=O)C(C)Sc1nc2cc(F)c(F)cc2[nH]1. The molecule has 4 nitrogen and oxygen atoms in total. The van der Waals surface area contributed by atoms with Gasteiger partial charge in [0.2, 0.25) is 5.91 Å². The number of hydrogen-bond donors (Lipinski definition) is 2. The molecule has 0 radical (unpaired) electrons. The van der Waals surface area contributed by atoms with E-state index in [0.29, 0.717) is 16.2 Å². The van der Waals surface area contributed by atoms with Crippen LogP contribution in [-0.2, 0) is 4.79 Å². The fraction of sp³-hybridized carbons (Fsp3) is 0.231. The largest absolute Gasteiger partial charge is 0.344 e. The summed E-state index contributed by atoms with van der Waals surface area (Å²) in [5, 5.41) is 2.53. The second kappa shape index (κ2) is 5.92. The van der Waals surface area contributed by atoms with Crippen LogP contribution in [-0.4, -0.2) is 27.7 Å². The van der Waals surface area contributed by atoms with Gasteiger partial charge in [0.15, 0.2) is 16.8 Å². The first kappa shape index (κ1) is 14.3. The minimum atomic E-state index is -0.958. The highest BCUT2D eigenvalue weighted by Gasteiger charge is 2.16. The summed E-state index contributed by atoms with van der Waals surface area (Å²) in [6.07, 6.45) is 5.05. The zero-order chi connectivity index (χ0) is 14.7. The smallest absolute Gasteiger partial charge is 0.234 e. The van der Waals surface area contributed by atoms with E-state index < -0.39 is 16.9 Å². The number of aromatic amines is 1. The van der Waals surface area contributed by atoms with E-state index >= 15 is 0 Å². The molecule has 0 aliphatic rings. The Hall–Kier alpha value is -2.07. The molecule has 104 valence electrons. The van der Waals surface area contributed by atoms with Crippen LogP contribution >= 0.6 is 11.8 Å². The maximum atomic E-state index is 13.1. The van der Waals surface area contributed by atoms with Gasteiger partial charge in [-0.15, -0.1) is 6.42 Å². The van der Waals surface area contributed by atoms with Crippen molar-refractivity contribution in [3.05, 3.63) is 23.8 Å². The van der Waals surface area contributed by atoms with Crippen LogP contribution in [0.3, 0.4) is 0 Å². The van der Waals surface area contributed by atoms with Crippen molar-refractivity contribution in [1.82, 2.24) is 15.3 Å². The third kappa shape index (κ3) is 3.08. The van der Waals surface area contributed by atoms with Crippen molar-refractivity contribution in [2.24, 2.45) is 0 Å². The second-order valence-corrected chi connectivity index (χ2v) is 5.34. The molecule has 0 fully saturated rings. The van der Waals surface area contributed by atoms with Gasteiger partial charge < -0.3 is 10.3 Å². The van der Waals surface area contributed by atoms with Gasteiger partial charge in [-0.2, -0.15) is 0 Å². The summed E-state index contributed by atoms with van der Waals surface area (Å²) in [7, 11) is 0. The molecule has 1 aromatic carbocycles. The quantitative estimate of drug-likeness (QED) is 0.670. The Morgan fingerprint density at radius 3 is 2.95 bits per heavy atom. The number of thioether (sulfide) groups is 1. The topological polar surface area (TPSA) is 57.8 Å². The van der Waals surface area contributed by atoms with Crippen LogP contribution < -0.4 is 5.32 Å². The van der Waals surface area contributed by atoms with E-state index in [4.69, 9.17) is 6.42 Å². The molecular formula is C13H11F2N3OS. The summed E-state index contributed by atoms with van der Waals surface area (Å²) in [5.74, 6) is 0.168. The predicted octanol–water partition coefficient (Wildman–Crippen LogP) is 2.07. The number of aromatic nitrogens is 2. The predicted molar refractivity (Wildman–Crippen MR) is 73.2 cm³/mol. The molecule has 2 N–H and O–H groups in total. The molecule has 1 aromatic heterocycles. The maximum Gasteiger partial charge on any atom is 0.234 e. The van der Waals surface area contributed by atoms with Gasteiger partial charge in [-0.3, -0.25) is 4.79 Å². The number of imidazole rings is 1. The van der Waals surface area contributed by atoms with E-state index in [1.165, 1.54) is 0 Å². The third-order valence-corrected chi connectivity index (χ3v) is 3.51. The number of nitrogens with one attached hydrogen (secondary N) is 2. The highest BCUT2D eigenvalue weighted by molar-refractivity contribution is 8.00. The number of rotatable bonds is 4. The van der Waals surface area contributed by atoms with Gasteiger partial charge in [-0.05, 0) is 6.92 Å². The number of fused-ring (bicyclic) bond motifs is 1. The molecule has 7 heteroatoms. The number of carbonyl (C=O) groups excluding carboxylic acids is 1. The van der Waals surface area contributed by atoms with E-state index in [9.17, 15) is 13.6 Å². The van der Waals surface area contributed by atoms with Gasteiger partial charge in [0, 0.05) is 12.1 Å². The summed E-state index contributed by atoms with van der Waals surface area (Å²) in [4.78, 5) is 18.6. The summed E-state index contributed by atoms with van der Waals surface area (Å²) >= 11 is 1.15. The molecule has 1 atom stereocenters. The summed E-state index contributed by atoms with van der Waals surface area (Å²) in [6, 6.07) is 2.04. The normalized spacial score (nSPS) is 12.1. The first-order valence-electron chi connectivity index (χ1n) is 5.74. The van der Waals surface area contributed by atoms with Crippen LogP contribution in [0.1, 0.15) is 6.92 Å². The molecule has 1 unspecified atom stereocenters. The van der Waals surface area contributed by atoms with Crippen molar-refractivity contribution in [2.45, 2.75) is 17.3 Å². The van der Waals surface area contributed by atoms with E-state index in [1.54, 1.807) is 6.92 Å². The number of nitrogens with zero attached hydrogens (tertiary/aromatic N) is 1. The minimum Gasteiger partial charge on any atom is -0.344 e. The summed E-state index contributed by atoms with van der Waals surface area (Å²) < 4.78 is 26.1. The van der Waals surface area contributed by atoms with Crippen molar-refractivity contribution in [3.8, 4) is 12.3 Å². The lowest BCUT2D eigenvalue weighted by Gasteiger charge is -2.07. The Balaban J connectivity index is 2.14. The minimum absolute atomic E-state index is 0.153. The molecule has 0 saturated carbocycles. The zero-order valence-corrected chi connectivity index (χ0v) is 11.4. The number of carbonyl (C=O) groups is 1. The van der Waals surface area contributed by atoms with Crippen LogP contribution in [0, 0.1) is 24.0 Å². The highest BCUT2D eigenvalue weighted by atomic mass is 32.2.